The van der Waals surface area contributed by atoms with Gasteiger partial charge in [-0.1, -0.05) is 40.2 Å². The Balaban J connectivity index is 1.74. The third kappa shape index (κ3) is 2.63. The van der Waals surface area contributed by atoms with Crippen molar-refractivity contribution in [3.8, 4) is 0 Å². The highest BCUT2D eigenvalue weighted by Gasteiger charge is 2.63. The Morgan fingerprint density at radius 2 is 1.74 bits per heavy atom. The smallest absolute Gasteiger partial charge is 0.155 e. The standard InChI is InChI=1S/C24H34O3/c1-22(2,3)21(27)17-13-19(26)24(5)11-9-18-16(20(17)24)7-6-14-12-15(25)8-10-23(14,18)4/h12,16-18,20H,6-11,13H2,1-5H3/t16-,17+,18+,20-,23+,24-/m1/s1. The van der Waals surface area contributed by atoms with Crippen LogP contribution < -0.4 is 0 Å². The van der Waals surface area contributed by atoms with Gasteiger partial charge in [0.2, 0.25) is 0 Å². The van der Waals surface area contributed by atoms with E-state index in [2.05, 4.69) is 13.8 Å². The Hall–Kier alpha value is -1.25. The summed E-state index contributed by atoms with van der Waals surface area (Å²) in [7, 11) is 0. The minimum absolute atomic E-state index is 0.0825. The minimum atomic E-state index is -0.399. The van der Waals surface area contributed by atoms with Crippen LogP contribution >= 0.6 is 0 Å². The second-order valence-corrected chi connectivity index (χ2v) is 11.2. The van der Waals surface area contributed by atoms with E-state index < -0.39 is 5.41 Å². The lowest BCUT2D eigenvalue weighted by Crippen LogP contribution is -2.52. The number of hydrogen-bond acceptors (Lipinski definition) is 3. The van der Waals surface area contributed by atoms with Crippen LogP contribution in [0.2, 0.25) is 0 Å². The molecule has 27 heavy (non-hydrogen) atoms. The molecule has 3 fully saturated rings. The van der Waals surface area contributed by atoms with Gasteiger partial charge in [-0.2, -0.15) is 0 Å². The lowest BCUT2D eigenvalue weighted by Gasteiger charge is -2.57. The van der Waals surface area contributed by atoms with Gasteiger partial charge in [-0.15, -0.1) is 0 Å². The van der Waals surface area contributed by atoms with E-state index in [0.717, 1.165) is 32.1 Å². The lowest BCUT2D eigenvalue weighted by molar-refractivity contribution is -0.138. The van der Waals surface area contributed by atoms with Crippen molar-refractivity contribution >= 4 is 17.3 Å². The van der Waals surface area contributed by atoms with Crippen LogP contribution in [0.5, 0.6) is 0 Å². The van der Waals surface area contributed by atoms with Crippen molar-refractivity contribution in [2.45, 2.75) is 79.6 Å². The summed E-state index contributed by atoms with van der Waals surface area (Å²) < 4.78 is 0. The second-order valence-electron chi connectivity index (χ2n) is 11.2. The van der Waals surface area contributed by atoms with Gasteiger partial charge in [0.1, 0.15) is 11.6 Å². The van der Waals surface area contributed by atoms with Crippen molar-refractivity contribution in [1.82, 2.24) is 0 Å². The SMILES string of the molecule is CC(C)(C)C(=O)[C@H]1CC(=O)[C@@]2(C)CC[C@H]3[C@@H](CCC4=CC(=O)CC[C@@]43C)[C@H]12. The molecule has 3 heteroatoms. The first kappa shape index (κ1) is 19.1. The maximum absolute atomic E-state index is 13.3. The topological polar surface area (TPSA) is 51.2 Å². The van der Waals surface area contributed by atoms with Crippen molar-refractivity contribution in [2.24, 2.45) is 39.9 Å². The Bertz CT molecular complexity index is 739. The van der Waals surface area contributed by atoms with Crippen LogP contribution in [0.4, 0.5) is 0 Å². The van der Waals surface area contributed by atoms with E-state index in [0.29, 0.717) is 30.5 Å². The van der Waals surface area contributed by atoms with E-state index in [1.165, 1.54) is 5.57 Å². The number of carbonyl (C=O) groups excluding carboxylic acids is 3. The third-order valence-corrected chi connectivity index (χ3v) is 8.77. The Morgan fingerprint density at radius 1 is 1.04 bits per heavy atom. The van der Waals surface area contributed by atoms with E-state index in [1.54, 1.807) is 0 Å². The summed E-state index contributed by atoms with van der Waals surface area (Å²) in [5.74, 6) is 1.88. The van der Waals surface area contributed by atoms with Crippen LogP contribution in [0.3, 0.4) is 0 Å². The molecule has 3 saturated carbocycles. The Kier molecular flexibility index (Phi) is 4.15. The van der Waals surface area contributed by atoms with E-state index in [4.69, 9.17) is 0 Å². The molecule has 4 rings (SSSR count). The molecule has 0 aromatic carbocycles. The normalized spacial score (nSPS) is 44.3. The fourth-order valence-corrected chi connectivity index (χ4v) is 7.25. The Morgan fingerprint density at radius 3 is 2.41 bits per heavy atom. The summed E-state index contributed by atoms with van der Waals surface area (Å²) in [6, 6.07) is 0. The van der Waals surface area contributed by atoms with E-state index in [-0.39, 0.29) is 34.2 Å². The van der Waals surface area contributed by atoms with Crippen LogP contribution in [0.1, 0.15) is 79.6 Å². The third-order valence-electron chi connectivity index (χ3n) is 8.77. The van der Waals surface area contributed by atoms with Gasteiger partial charge in [-0.25, -0.2) is 0 Å². The molecule has 0 amide bonds. The fourth-order valence-electron chi connectivity index (χ4n) is 7.25. The second kappa shape index (κ2) is 5.87. The minimum Gasteiger partial charge on any atom is -0.299 e. The van der Waals surface area contributed by atoms with Crippen molar-refractivity contribution < 1.29 is 14.4 Å². The monoisotopic (exact) mass is 370 g/mol. The molecule has 3 nitrogen and oxygen atoms in total. The number of Topliss-reactive ketones (excluding diaryl/α,β-unsaturated/α-hetero) is 2. The molecule has 0 radical (unpaired) electrons. The van der Waals surface area contributed by atoms with Gasteiger partial charge in [-0.05, 0) is 61.3 Å². The average molecular weight is 371 g/mol. The van der Waals surface area contributed by atoms with E-state index in [1.807, 2.05) is 26.8 Å². The van der Waals surface area contributed by atoms with Gasteiger partial charge in [0.05, 0.1) is 0 Å². The summed E-state index contributed by atoms with van der Waals surface area (Å²) in [6.07, 6.45) is 7.90. The van der Waals surface area contributed by atoms with Crippen LogP contribution in [0, 0.1) is 39.9 Å². The molecule has 0 aromatic heterocycles. The first-order valence-corrected chi connectivity index (χ1v) is 10.8. The molecule has 0 spiro atoms. The van der Waals surface area contributed by atoms with Crippen molar-refractivity contribution in [3.63, 3.8) is 0 Å². The largest absolute Gasteiger partial charge is 0.299 e. The zero-order valence-corrected chi connectivity index (χ0v) is 17.6. The molecule has 6 atom stereocenters. The maximum Gasteiger partial charge on any atom is 0.155 e. The number of ketones is 3. The highest BCUT2D eigenvalue weighted by atomic mass is 16.1. The van der Waals surface area contributed by atoms with Crippen molar-refractivity contribution in [1.29, 1.82) is 0 Å². The highest BCUT2D eigenvalue weighted by Crippen LogP contribution is 2.66. The Labute approximate surface area is 163 Å². The first-order valence-electron chi connectivity index (χ1n) is 10.8. The van der Waals surface area contributed by atoms with Crippen molar-refractivity contribution in [3.05, 3.63) is 11.6 Å². The van der Waals surface area contributed by atoms with E-state index in [9.17, 15) is 14.4 Å². The molecular weight excluding hydrogens is 336 g/mol. The molecule has 0 saturated heterocycles. The molecule has 4 aliphatic carbocycles. The highest BCUT2D eigenvalue weighted by molar-refractivity contribution is 5.97. The van der Waals surface area contributed by atoms with Gasteiger partial charge in [0.15, 0.2) is 5.78 Å². The quantitative estimate of drug-likeness (QED) is 0.658. The summed E-state index contributed by atoms with van der Waals surface area (Å²) in [4.78, 5) is 38.3. The van der Waals surface area contributed by atoms with Gasteiger partial charge >= 0.3 is 0 Å². The van der Waals surface area contributed by atoms with Gasteiger partial charge in [0.25, 0.3) is 0 Å². The molecule has 0 heterocycles. The van der Waals surface area contributed by atoms with Crippen molar-refractivity contribution in [2.75, 3.05) is 0 Å². The van der Waals surface area contributed by atoms with Crippen LogP contribution in [-0.4, -0.2) is 17.3 Å². The van der Waals surface area contributed by atoms with Crippen LogP contribution in [-0.2, 0) is 14.4 Å². The number of carbonyl (C=O) groups is 3. The predicted octanol–water partition coefficient (Wildman–Crippen LogP) is 4.93. The molecule has 0 aromatic rings. The fraction of sp³-hybridized carbons (Fsp3) is 0.792. The number of rotatable bonds is 1. The van der Waals surface area contributed by atoms with Gasteiger partial charge in [0, 0.05) is 29.6 Å². The molecular formula is C24H34O3. The summed E-state index contributed by atoms with van der Waals surface area (Å²) >= 11 is 0. The van der Waals surface area contributed by atoms with Gasteiger partial charge in [-0.3, -0.25) is 14.4 Å². The average Bonchev–Trinajstić information content (AvgIpc) is 2.85. The molecule has 0 N–H and O–H groups in total. The number of hydrogen-bond donors (Lipinski definition) is 0. The molecule has 0 bridgehead atoms. The molecule has 148 valence electrons. The number of allylic oxidation sites excluding steroid dienone is 1. The maximum atomic E-state index is 13.3. The van der Waals surface area contributed by atoms with Gasteiger partial charge < -0.3 is 0 Å². The summed E-state index contributed by atoms with van der Waals surface area (Å²) in [5, 5.41) is 0. The molecule has 0 aliphatic heterocycles. The lowest BCUT2D eigenvalue weighted by atomic mass is 9.46. The summed E-state index contributed by atoms with van der Waals surface area (Å²) in [5.41, 5.74) is 0.699. The van der Waals surface area contributed by atoms with Crippen LogP contribution in [0.15, 0.2) is 11.6 Å². The zero-order chi connectivity index (χ0) is 19.8. The number of fused-ring (bicyclic) bond motifs is 5. The van der Waals surface area contributed by atoms with E-state index >= 15 is 0 Å². The zero-order valence-electron chi connectivity index (χ0n) is 17.6. The summed E-state index contributed by atoms with van der Waals surface area (Å²) in [6.45, 7) is 10.5. The first-order chi connectivity index (χ1) is 12.5. The molecule has 0 unspecified atom stereocenters. The van der Waals surface area contributed by atoms with Crippen LogP contribution in [0.25, 0.3) is 0 Å². The molecule has 4 aliphatic rings. The predicted molar refractivity (Wildman–Crippen MR) is 105 cm³/mol.